The van der Waals surface area contributed by atoms with Crippen LogP contribution in [0.15, 0.2) is 17.0 Å². The molecule has 4 nitrogen and oxygen atoms in total. The van der Waals surface area contributed by atoms with Crippen molar-refractivity contribution in [1.82, 2.24) is 4.72 Å². The molecule has 1 atom stereocenters. The summed E-state index contributed by atoms with van der Waals surface area (Å²) in [6.45, 7) is 3.82. The average Bonchev–Trinajstić information content (AvgIpc) is 2.45. The first kappa shape index (κ1) is 15.3. The second kappa shape index (κ2) is 6.14. The lowest BCUT2D eigenvalue weighted by atomic mass is 9.92. The van der Waals surface area contributed by atoms with Crippen LogP contribution in [0.1, 0.15) is 44.2 Å². The minimum absolute atomic E-state index is 0.0826. The fraction of sp³-hybridized carbons (Fsp3) is 0.600. The van der Waals surface area contributed by atoms with E-state index in [1.807, 2.05) is 19.9 Å². The van der Waals surface area contributed by atoms with Gasteiger partial charge in [0.15, 0.2) is 0 Å². The highest BCUT2D eigenvalue weighted by molar-refractivity contribution is 7.89. The molecule has 2 rings (SSSR count). The van der Waals surface area contributed by atoms with Crippen LogP contribution in [0, 0.1) is 0 Å². The molecule has 1 aliphatic rings. The molecule has 0 aliphatic heterocycles. The van der Waals surface area contributed by atoms with Crippen LogP contribution in [-0.2, 0) is 22.9 Å². The van der Waals surface area contributed by atoms with Crippen molar-refractivity contribution in [2.24, 2.45) is 0 Å². The maximum Gasteiger partial charge on any atom is 0.244 e. The molecule has 0 saturated carbocycles. The van der Waals surface area contributed by atoms with Crippen molar-refractivity contribution in [3.05, 3.63) is 23.3 Å². The molecular weight excluding hydrogens is 274 g/mol. The molecule has 1 aromatic rings. The minimum Gasteiger partial charge on any atom is -0.495 e. The van der Waals surface area contributed by atoms with Crippen LogP contribution in [0.3, 0.4) is 0 Å². The van der Waals surface area contributed by atoms with Gasteiger partial charge < -0.3 is 4.74 Å². The molecule has 0 aromatic heterocycles. The molecule has 0 fully saturated rings. The van der Waals surface area contributed by atoms with E-state index in [0.717, 1.165) is 37.7 Å². The summed E-state index contributed by atoms with van der Waals surface area (Å²) in [7, 11) is -2.00. The number of benzene rings is 1. The Hall–Kier alpha value is -1.07. The van der Waals surface area contributed by atoms with Gasteiger partial charge in [-0.1, -0.05) is 6.92 Å². The third kappa shape index (κ3) is 3.15. The van der Waals surface area contributed by atoms with Crippen molar-refractivity contribution in [2.45, 2.75) is 56.9 Å². The Balaban J connectivity index is 2.44. The topological polar surface area (TPSA) is 55.4 Å². The first-order valence-corrected chi connectivity index (χ1v) is 8.68. The second-order valence-corrected chi connectivity index (χ2v) is 7.09. The summed E-state index contributed by atoms with van der Waals surface area (Å²) < 4.78 is 32.9. The summed E-state index contributed by atoms with van der Waals surface area (Å²) in [6.07, 6.45) is 4.99. The van der Waals surface area contributed by atoms with Crippen LogP contribution in [-0.4, -0.2) is 21.6 Å². The van der Waals surface area contributed by atoms with Gasteiger partial charge >= 0.3 is 0 Å². The van der Waals surface area contributed by atoms with Gasteiger partial charge in [-0.3, -0.25) is 0 Å². The largest absolute Gasteiger partial charge is 0.495 e. The Morgan fingerprint density at radius 2 is 1.85 bits per heavy atom. The van der Waals surface area contributed by atoms with Crippen molar-refractivity contribution < 1.29 is 13.2 Å². The summed E-state index contributed by atoms with van der Waals surface area (Å²) in [4.78, 5) is 0.265. The van der Waals surface area contributed by atoms with Gasteiger partial charge in [-0.05, 0) is 62.3 Å². The summed E-state index contributed by atoms with van der Waals surface area (Å²) in [5, 5.41) is 0. The maximum atomic E-state index is 12.5. The van der Waals surface area contributed by atoms with Crippen molar-refractivity contribution in [3.8, 4) is 5.75 Å². The van der Waals surface area contributed by atoms with Crippen LogP contribution in [0.4, 0.5) is 0 Å². The number of aryl methyl sites for hydroxylation is 2. The number of ether oxygens (including phenoxy) is 1. The van der Waals surface area contributed by atoms with Gasteiger partial charge in [-0.25, -0.2) is 13.1 Å². The average molecular weight is 297 g/mol. The highest BCUT2D eigenvalue weighted by Gasteiger charge is 2.24. The van der Waals surface area contributed by atoms with E-state index in [2.05, 4.69) is 4.72 Å². The number of hydrogen-bond donors (Lipinski definition) is 1. The highest BCUT2D eigenvalue weighted by Crippen LogP contribution is 2.32. The number of sulfonamides is 1. The molecule has 20 heavy (non-hydrogen) atoms. The SMILES string of the molecule is CCC(C)NS(=O)(=O)c1cc2c(cc1OC)CCCC2. The Morgan fingerprint density at radius 3 is 2.40 bits per heavy atom. The molecule has 1 N–H and O–H groups in total. The lowest BCUT2D eigenvalue weighted by Gasteiger charge is -2.20. The van der Waals surface area contributed by atoms with E-state index >= 15 is 0 Å². The zero-order valence-electron chi connectivity index (χ0n) is 12.4. The van der Waals surface area contributed by atoms with Crippen molar-refractivity contribution in [2.75, 3.05) is 7.11 Å². The Kier molecular flexibility index (Phi) is 4.70. The molecule has 0 heterocycles. The summed E-state index contributed by atoms with van der Waals surface area (Å²) in [6, 6.07) is 3.60. The Morgan fingerprint density at radius 1 is 1.25 bits per heavy atom. The second-order valence-electron chi connectivity index (χ2n) is 5.41. The van der Waals surface area contributed by atoms with E-state index in [1.165, 1.54) is 12.7 Å². The number of nitrogens with one attached hydrogen (secondary N) is 1. The molecule has 0 spiro atoms. The van der Waals surface area contributed by atoms with Crippen LogP contribution in [0.2, 0.25) is 0 Å². The standard InChI is InChI=1S/C15H23NO3S/c1-4-11(2)16-20(17,18)15-10-13-8-6-5-7-12(13)9-14(15)19-3/h9-11,16H,4-8H2,1-3H3. The quantitative estimate of drug-likeness (QED) is 0.909. The number of fused-ring (bicyclic) bond motifs is 1. The predicted octanol–water partition coefficient (Wildman–Crippen LogP) is 2.65. The lowest BCUT2D eigenvalue weighted by Crippen LogP contribution is -2.32. The van der Waals surface area contributed by atoms with Gasteiger partial charge in [0.05, 0.1) is 7.11 Å². The summed E-state index contributed by atoms with van der Waals surface area (Å²) in [5.74, 6) is 0.446. The van der Waals surface area contributed by atoms with Crippen molar-refractivity contribution in [3.63, 3.8) is 0 Å². The van der Waals surface area contributed by atoms with Gasteiger partial charge in [0, 0.05) is 6.04 Å². The van der Waals surface area contributed by atoms with Crippen molar-refractivity contribution in [1.29, 1.82) is 0 Å². The highest BCUT2D eigenvalue weighted by atomic mass is 32.2. The first-order chi connectivity index (χ1) is 9.47. The van der Waals surface area contributed by atoms with E-state index in [4.69, 9.17) is 4.74 Å². The number of rotatable bonds is 5. The third-order valence-electron chi connectivity index (χ3n) is 3.89. The summed E-state index contributed by atoms with van der Waals surface area (Å²) in [5.41, 5.74) is 2.36. The fourth-order valence-corrected chi connectivity index (χ4v) is 4.05. The van der Waals surface area contributed by atoms with Crippen LogP contribution >= 0.6 is 0 Å². The normalized spacial score (nSPS) is 16.6. The smallest absolute Gasteiger partial charge is 0.244 e. The molecule has 112 valence electrons. The minimum atomic E-state index is -3.52. The van der Waals surface area contributed by atoms with E-state index in [0.29, 0.717) is 5.75 Å². The molecule has 0 radical (unpaired) electrons. The van der Waals surface area contributed by atoms with Gasteiger partial charge in [-0.2, -0.15) is 0 Å². The number of hydrogen-bond acceptors (Lipinski definition) is 3. The summed E-state index contributed by atoms with van der Waals surface area (Å²) >= 11 is 0. The van der Waals surface area contributed by atoms with Gasteiger partial charge in [0.1, 0.15) is 10.6 Å². The molecule has 0 bridgehead atoms. The lowest BCUT2D eigenvalue weighted by molar-refractivity contribution is 0.400. The zero-order valence-corrected chi connectivity index (χ0v) is 13.2. The first-order valence-electron chi connectivity index (χ1n) is 7.20. The fourth-order valence-electron chi connectivity index (χ4n) is 2.52. The molecule has 1 unspecified atom stereocenters. The van der Waals surface area contributed by atoms with E-state index in [9.17, 15) is 8.42 Å². The van der Waals surface area contributed by atoms with E-state index < -0.39 is 10.0 Å². The molecule has 1 aromatic carbocycles. The third-order valence-corrected chi connectivity index (χ3v) is 5.50. The van der Waals surface area contributed by atoms with Gasteiger partial charge in [0.2, 0.25) is 10.0 Å². The van der Waals surface area contributed by atoms with Crippen LogP contribution in [0.5, 0.6) is 5.75 Å². The van der Waals surface area contributed by atoms with Crippen molar-refractivity contribution >= 4 is 10.0 Å². The maximum absolute atomic E-state index is 12.5. The molecule has 1 aliphatic carbocycles. The van der Waals surface area contributed by atoms with Crippen LogP contribution in [0.25, 0.3) is 0 Å². The van der Waals surface area contributed by atoms with E-state index in [1.54, 1.807) is 6.07 Å². The zero-order chi connectivity index (χ0) is 14.8. The molecule has 5 heteroatoms. The molecule has 0 amide bonds. The monoisotopic (exact) mass is 297 g/mol. The molecule has 0 saturated heterocycles. The molecular formula is C15H23NO3S. The predicted molar refractivity (Wildman–Crippen MR) is 79.7 cm³/mol. The van der Waals surface area contributed by atoms with Gasteiger partial charge in [0.25, 0.3) is 0 Å². The van der Waals surface area contributed by atoms with Gasteiger partial charge in [-0.15, -0.1) is 0 Å². The Labute approximate surface area is 121 Å². The number of methoxy groups -OCH3 is 1. The Bertz CT molecular complexity index is 581. The van der Waals surface area contributed by atoms with Crippen LogP contribution < -0.4 is 9.46 Å². The van der Waals surface area contributed by atoms with E-state index in [-0.39, 0.29) is 10.9 Å².